The van der Waals surface area contributed by atoms with Gasteiger partial charge in [-0.25, -0.2) is 9.78 Å². The van der Waals surface area contributed by atoms with E-state index in [2.05, 4.69) is 15.3 Å². The molecule has 0 radical (unpaired) electrons. The van der Waals surface area contributed by atoms with Crippen LogP contribution in [0.1, 0.15) is 38.4 Å². The summed E-state index contributed by atoms with van der Waals surface area (Å²) < 4.78 is 40.3. The van der Waals surface area contributed by atoms with Gasteiger partial charge < -0.3 is 10.6 Å². The fourth-order valence-electron chi connectivity index (χ4n) is 3.56. The fraction of sp³-hybridized carbons (Fsp3) is 0.500. The van der Waals surface area contributed by atoms with Crippen molar-refractivity contribution in [3.05, 3.63) is 29.7 Å². The number of hydrogen-bond donors (Lipinski definition) is 2. The Hall–Kier alpha value is -2.69. The number of pyridine rings is 1. The molecule has 1 aliphatic rings. The second-order valence-corrected chi connectivity index (χ2v) is 9.25. The third-order valence-electron chi connectivity index (χ3n) is 5.69. The second kappa shape index (κ2) is 8.10. The van der Waals surface area contributed by atoms with Gasteiger partial charge in [0.05, 0.1) is 16.0 Å². The zero-order chi connectivity index (χ0) is 23.1. The lowest BCUT2D eigenvalue weighted by molar-refractivity contribution is -0.180. The van der Waals surface area contributed by atoms with Gasteiger partial charge >= 0.3 is 12.2 Å². The van der Waals surface area contributed by atoms with Crippen LogP contribution in [-0.4, -0.2) is 45.6 Å². The van der Waals surface area contributed by atoms with Crippen molar-refractivity contribution in [2.24, 2.45) is 11.7 Å². The van der Waals surface area contributed by atoms with Gasteiger partial charge in [-0.05, 0) is 44.7 Å². The van der Waals surface area contributed by atoms with Crippen LogP contribution >= 0.6 is 11.3 Å². The van der Waals surface area contributed by atoms with Gasteiger partial charge in [0.25, 0.3) is 0 Å². The van der Waals surface area contributed by atoms with Gasteiger partial charge in [-0.15, -0.1) is 0 Å². The van der Waals surface area contributed by atoms with Gasteiger partial charge in [0, 0.05) is 24.5 Å². The summed E-state index contributed by atoms with van der Waals surface area (Å²) in [5.41, 5.74) is 4.43. The lowest BCUT2D eigenvalue weighted by Gasteiger charge is -2.28. The van der Waals surface area contributed by atoms with Crippen molar-refractivity contribution >= 4 is 28.4 Å². The number of primary amides is 1. The summed E-state index contributed by atoms with van der Waals surface area (Å²) in [5, 5.41) is 2.95. The van der Waals surface area contributed by atoms with Crippen molar-refractivity contribution in [1.82, 2.24) is 14.9 Å². The Morgan fingerprint density at radius 2 is 1.97 bits per heavy atom. The molecule has 1 fully saturated rings. The van der Waals surface area contributed by atoms with Crippen LogP contribution in [0.5, 0.6) is 0 Å². The molecule has 2 aromatic rings. The van der Waals surface area contributed by atoms with E-state index < -0.39 is 29.6 Å². The van der Waals surface area contributed by atoms with Crippen LogP contribution in [0.4, 0.5) is 23.1 Å². The van der Waals surface area contributed by atoms with Crippen molar-refractivity contribution in [2.45, 2.75) is 51.7 Å². The minimum Gasteiger partial charge on any atom is -0.368 e. The number of nitrogens with zero attached hydrogens (tertiary/aromatic N) is 3. The third kappa shape index (κ3) is 4.36. The number of rotatable bonds is 4. The zero-order valence-electron chi connectivity index (χ0n) is 17.6. The number of urea groups is 1. The number of amides is 3. The first-order valence-electron chi connectivity index (χ1n) is 9.70. The number of carbonyl (C=O) groups excluding carboxylic acids is 2. The number of nitrogens with one attached hydrogen (secondary N) is 1. The molecule has 0 aromatic carbocycles. The summed E-state index contributed by atoms with van der Waals surface area (Å²) in [4.78, 5) is 34.7. The van der Waals surface area contributed by atoms with Crippen molar-refractivity contribution < 1.29 is 22.8 Å². The summed E-state index contributed by atoms with van der Waals surface area (Å²) in [6, 6.07) is 0.266. The normalized spacial score (nSPS) is 19.5. The van der Waals surface area contributed by atoms with Crippen molar-refractivity contribution in [1.29, 1.82) is 0 Å². The highest BCUT2D eigenvalue weighted by Gasteiger charge is 2.48. The van der Waals surface area contributed by atoms with Gasteiger partial charge in [0.15, 0.2) is 5.13 Å². The van der Waals surface area contributed by atoms with Gasteiger partial charge in [-0.1, -0.05) is 18.3 Å². The fourth-order valence-corrected chi connectivity index (χ4v) is 4.50. The minimum atomic E-state index is -4.43. The predicted molar refractivity (Wildman–Crippen MR) is 112 cm³/mol. The molecule has 11 heteroatoms. The van der Waals surface area contributed by atoms with Gasteiger partial charge in [0.2, 0.25) is 5.91 Å². The molecule has 3 N–H and O–H groups in total. The first-order valence-corrected chi connectivity index (χ1v) is 10.5. The maximum atomic E-state index is 13.4. The van der Waals surface area contributed by atoms with E-state index in [1.165, 1.54) is 23.4 Å². The molecular weight excluding hydrogens is 431 g/mol. The highest BCUT2D eigenvalue weighted by atomic mass is 32.1. The SMILES string of the molecule is Cc1nc(NC(=O)N2CC[C@@H](C)[C@H]2C(N)=O)sc1-c1cncc(C(C)(C)C(F)(F)F)c1. The van der Waals surface area contributed by atoms with Gasteiger partial charge in [-0.2, -0.15) is 13.2 Å². The van der Waals surface area contributed by atoms with Crippen LogP contribution in [0.15, 0.2) is 18.5 Å². The monoisotopic (exact) mass is 455 g/mol. The lowest BCUT2D eigenvalue weighted by Crippen LogP contribution is -2.47. The zero-order valence-corrected chi connectivity index (χ0v) is 18.4. The standard InChI is InChI=1S/C20H24F3N5O2S/c1-10-5-6-28(14(10)16(24)29)18(30)27-17-26-11(2)15(31-17)12-7-13(9-25-8-12)19(3,4)20(21,22)23/h7-10,14H,5-6H2,1-4H3,(H2,24,29)(H,26,27,30)/t10-,14+/m1/s1. The number of likely N-dealkylation sites (tertiary alicyclic amines) is 1. The molecule has 3 amide bonds. The lowest BCUT2D eigenvalue weighted by atomic mass is 9.84. The van der Waals surface area contributed by atoms with E-state index in [9.17, 15) is 22.8 Å². The van der Waals surface area contributed by atoms with Crippen molar-refractivity contribution in [3.8, 4) is 10.4 Å². The molecule has 2 aromatic heterocycles. The van der Waals surface area contributed by atoms with Crippen LogP contribution < -0.4 is 11.1 Å². The largest absolute Gasteiger partial charge is 0.397 e. The molecule has 3 rings (SSSR count). The first kappa shape index (κ1) is 23.0. The molecule has 0 saturated carbocycles. The van der Waals surface area contributed by atoms with E-state index in [-0.39, 0.29) is 16.6 Å². The van der Waals surface area contributed by atoms with E-state index in [1.807, 2.05) is 6.92 Å². The number of aryl methyl sites for hydroxylation is 1. The Bertz CT molecular complexity index is 1000. The average Bonchev–Trinajstić information content (AvgIpc) is 3.23. The molecule has 1 saturated heterocycles. The number of thiazole rings is 1. The molecular formula is C20H24F3N5O2S. The Morgan fingerprint density at radius 3 is 2.58 bits per heavy atom. The van der Waals surface area contributed by atoms with Crippen molar-refractivity contribution in [2.75, 3.05) is 11.9 Å². The van der Waals surface area contributed by atoms with E-state index in [1.54, 1.807) is 6.92 Å². The minimum absolute atomic E-state index is 0.0336. The molecule has 31 heavy (non-hydrogen) atoms. The molecule has 1 aliphatic heterocycles. The molecule has 3 heterocycles. The number of aromatic nitrogens is 2. The maximum Gasteiger partial charge on any atom is 0.397 e. The smallest absolute Gasteiger partial charge is 0.368 e. The first-order chi connectivity index (χ1) is 14.3. The molecule has 168 valence electrons. The Kier molecular flexibility index (Phi) is 6.01. The van der Waals surface area contributed by atoms with Crippen LogP contribution in [-0.2, 0) is 10.2 Å². The van der Waals surface area contributed by atoms with E-state index >= 15 is 0 Å². The summed E-state index contributed by atoms with van der Waals surface area (Å²) in [6.07, 6.45) is -1.10. The summed E-state index contributed by atoms with van der Waals surface area (Å²) in [5.74, 6) is -0.603. The van der Waals surface area contributed by atoms with E-state index in [4.69, 9.17) is 5.73 Å². The highest BCUT2D eigenvalue weighted by molar-refractivity contribution is 7.19. The van der Waals surface area contributed by atoms with Crippen LogP contribution in [0.3, 0.4) is 0 Å². The number of anilines is 1. The Labute approximate surface area is 181 Å². The molecule has 0 bridgehead atoms. The molecule has 7 nitrogen and oxygen atoms in total. The molecule has 2 atom stereocenters. The number of alkyl halides is 3. The van der Waals surface area contributed by atoms with Crippen LogP contribution in [0.25, 0.3) is 10.4 Å². The van der Waals surface area contributed by atoms with Gasteiger partial charge in [-0.3, -0.25) is 15.1 Å². The predicted octanol–water partition coefficient (Wildman–Crippen LogP) is 4.08. The summed E-state index contributed by atoms with van der Waals surface area (Å²) in [7, 11) is 0. The Balaban J connectivity index is 1.85. The quantitative estimate of drug-likeness (QED) is 0.725. The van der Waals surface area contributed by atoms with Gasteiger partial charge in [0.1, 0.15) is 6.04 Å². The number of halogens is 3. The van der Waals surface area contributed by atoms with Crippen LogP contribution in [0, 0.1) is 12.8 Å². The van der Waals surface area contributed by atoms with Crippen LogP contribution in [0.2, 0.25) is 0 Å². The highest BCUT2D eigenvalue weighted by Crippen LogP contribution is 2.42. The van der Waals surface area contributed by atoms with E-state index in [0.717, 1.165) is 25.2 Å². The topological polar surface area (TPSA) is 101 Å². The number of carbonyl (C=O) groups is 2. The third-order valence-corrected chi connectivity index (χ3v) is 6.82. The molecule has 0 unspecified atom stereocenters. The second-order valence-electron chi connectivity index (χ2n) is 8.26. The van der Waals surface area contributed by atoms with E-state index in [0.29, 0.717) is 29.1 Å². The average molecular weight is 456 g/mol. The summed E-state index contributed by atoms with van der Waals surface area (Å²) >= 11 is 1.13. The molecule has 0 aliphatic carbocycles. The Morgan fingerprint density at radius 1 is 1.29 bits per heavy atom. The summed E-state index contributed by atoms with van der Waals surface area (Å²) in [6.45, 7) is 6.16. The maximum absolute atomic E-state index is 13.4. The molecule has 0 spiro atoms. The number of hydrogen-bond acceptors (Lipinski definition) is 5. The number of nitrogens with two attached hydrogens (primary N) is 1. The van der Waals surface area contributed by atoms with Crippen molar-refractivity contribution in [3.63, 3.8) is 0 Å².